The molecular weight excluding hydrogens is 1600 g/mol. The quantitative estimate of drug-likeness (QED) is 0.0306. The lowest BCUT2D eigenvalue weighted by atomic mass is 9.88. The second-order valence-electron chi connectivity index (χ2n) is 31.4. The van der Waals surface area contributed by atoms with Gasteiger partial charge in [0.25, 0.3) is 5.79 Å². The highest BCUT2D eigenvalue weighted by Gasteiger charge is 2.62. The van der Waals surface area contributed by atoms with Gasteiger partial charge in [0.1, 0.15) is 189 Å². The van der Waals surface area contributed by atoms with Gasteiger partial charge in [-0.3, -0.25) is 0 Å². The lowest BCUT2D eigenvalue weighted by Gasteiger charge is -2.51. The smallest absolute Gasteiger partial charge is 0.364 e. The molecule has 0 aliphatic carbocycles. The van der Waals surface area contributed by atoms with Crippen molar-refractivity contribution in [3.63, 3.8) is 0 Å². The van der Waals surface area contributed by atoms with Crippen LogP contribution in [0.25, 0.3) is 0 Å². The molecule has 51 atom stereocenters. The summed E-state index contributed by atoms with van der Waals surface area (Å²) in [4.78, 5) is 12.8. The van der Waals surface area contributed by atoms with Crippen molar-refractivity contribution in [1.82, 2.24) is 0 Å². The maximum atomic E-state index is 12.8. The zero-order valence-corrected chi connectivity index (χ0v) is 63.9. The Bertz CT molecular complexity index is 3020. The van der Waals surface area contributed by atoms with Crippen LogP contribution in [0.5, 0.6) is 0 Å². The average Bonchev–Trinajstić information content (AvgIpc) is 0.771. The molecule has 0 aromatic carbocycles. The molecule has 0 aromatic heterocycles. The molecule has 30 N–H and O–H groups in total. The topological polar surface area (TPSA) is 785 Å². The van der Waals surface area contributed by atoms with E-state index in [1.54, 1.807) is 13.8 Å². The molecule has 10 aliphatic rings. The van der Waals surface area contributed by atoms with Crippen LogP contribution in [0, 0.1) is 23.7 Å². The zero-order valence-electron chi connectivity index (χ0n) is 63.9. The first-order valence-electron chi connectivity index (χ1n) is 38.5. The number of aliphatic hydroxyl groups excluding tert-OH is 27. The van der Waals surface area contributed by atoms with Gasteiger partial charge in [0.15, 0.2) is 50.3 Å². The predicted octanol–water partition coefficient (Wildman–Crippen LogP) is -17.5. The van der Waals surface area contributed by atoms with E-state index < -0.39 is 390 Å². The zero-order chi connectivity index (χ0) is 86.2. The summed E-state index contributed by atoms with van der Waals surface area (Å²) in [7, 11) is 0. The number of nitrogens with two attached hydrogens (primary N) is 1. The SMILES string of the molecule is CC1C(O)[C@H](O[C@@H]2OC(CO)[C@H](O)C(O)[C@@H]2O)[C@H](CO)O[C@H]1O[C@@H]1C(O)[C@H](O)C(CO)O[C@@H]1OCC1O[C@@H](O[C@@H]2C(CO)O[C@@H](O[C@@H]3C(CO)O[C@@H](C)[C@@H](C)C3O)[C@@H](C)C2O)C(O)C(O[C@H]2O[C@H](CO)[C@@H](O)C(O)C2O[C@@H]2OC(CO)[C@@H](O[C@@H]3OC(CO[C@]4(C(=O)O)C[C@@H](O)[C@@H](N)C([C@H](O)[C@H](O)CO)O4)[C@H](O)C(O)[C@@H]3O)C(O)[C@@H]2C)[C@@H]1O. The van der Waals surface area contributed by atoms with E-state index in [2.05, 4.69) is 0 Å². The van der Waals surface area contributed by atoms with Crippen LogP contribution in [0.4, 0.5) is 0 Å². The van der Waals surface area contributed by atoms with Gasteiger partial charge in [-0.1, -0.05) is 27.7 Å². The Morgan fingerprint density at radius 1 is 0.350 bits per heavy atom. The van der Waals surface area contributed by atoms with Gasteiger partial charge in [0, 0.05) is 30.1 Å². The van der Waals surface area contributed by atoms with Gasteiger partial charge in [-0.2, -0.15) is 0 Å². The van der Waals surface area contributed by atoms with Crippen molar-refractivity contribution in [2.75, 3.05) is 66.1 Å². The molecule has 49 heteroatoms. The molecular formula is C68H117NO48. The summed E-state index contributed by atoms with van der Waals surface area (Å²) in [6, 6.07) is -1.57. The van der Waals surface area contributed by atoms with Crippen molar-refractivity contribution >= 4 is 5.97 Å². The number of hydrogen-bond donors (Lipinski definition) is 29. The highest BCUT2D eigenvalue weighted by molar-refractivity contribution is 5.76. The molecule has 0 saturated carbocycles. The number of hydrogen-bond acceptors (Lipinski definition) is 48. The van der Waals surface area contributed by atoms with E-state index >= 15 is 0 Å². The molecule has 0 bridgehead atoms. The molecule has 10 saturated heterocycles. The number of aliphatic hydroxyl groups is 27. The summed E-state index contributed by atoms with van der Waals surface area (Å²) < 4.78 is 114. The third-order valence-electron chi connectivity index (χ3n) is 23.7. The fourth-order valence-electron chi connectivity index (χ4n) is 15.9. The van der Waals surface area contributed by atoms with E-state index in [1.807, 2.05) is 0 Å². The van der Waals surface area contributed by atoms with Gasteiger partial charge >= 0.3 is 5.97 Å². The van der Waals surface area contributed by atoms with Crippen LogP contribution in [0.2, 0.25) is 0 Å². The molecule has 49 nitrogen and oxygen atoms in total. The summed E-state index contributed by atoms with van der Waals surface area (Å²) in [6.07, 6.45) is -85.7. The molecule has 10 heterocycles. The minimum atomic E-state index is -2.95. The summed E-state index contributed by atoms with van der Waals surface area (Å²) in [5.74, 6) is -9.45. The number of carbonyl (C=O) groups is 1. The Morgan fingerprint density at radius 3 is 1.09 bits per heavy atom. The van der Waals surface area contributed by atoms with Crippen LogP contribution in [0.3, 0.4) is 0 Å². The maximum absolute atomic E-state index is 12.8. The van der Waals surface area contributed by atoms with Crippen LogP contribution >= 0.6 is 0 Å². The molecule has 0 aromatic rings. The lowest BCUT2D eigenvalue weighted by Crippen LogP contribution is -2.68. The molecule has 10 aliphatic heterocycles. The molecule has 10 fully saturated rings. The molecule has 682 valence electrons. The second-order valence-corrected chi connectivity index (χ2v) is 31.4. The molecule has 0 spiro atoms. The van der Waals surface area contributed by atoms with Crippen LogP contribution in [0.15, 0.2) is 0 Å². The van der Waals surface area contributed by atoms with E-state index in [0.29, 0.717) is 0 Å². The normalized spacial score (nSPS) is 52.1. The monoisotopic (exact) mass is 1720 g/mol. The summed E-state index contributed by atoms with van der Waals surface area (Å²) in [6.45, 7) is -2.69. The minimum absolute atomic E-state index is 0.554. The Labute approximate surface area is 666 Å². The van der Waals surface area contributed by atoms with Crippen LogP contribution in [0.1, 0.15) is 41.0 Å². The van der Waals surface area contributed by atoms with Gasteiger partial charge in [-0.25, -0.2) is 4.79 Å². The van der Waals surface area contributed by atoms with Gasteiger partial charge in [0.2, 0.25) is 0 Å². The average molecular weight is 1720 g/mol. The largest absolute Gasteiger partial charge is 0.477 e. The van der Waals surface area contributed by atoms with E-state index in [-0.39, 0.29) is 0 Å². The fourth-order valence-corrected chi connectivity index (χ4v) is 15.9. The van der Waals surface area contributed by atoms with Crippen LogP contribution in [-0.2, 0) is 94.8 Å². The molecule has 0 radical (unpaired) electrons. The van der Waals surface area contributed by atoms with Crippen molar-refractivity contribution in [2.24, 2.45) is 29.4 Å². The predicted molar refractivity (Wildman–Crippen MR) is 365 cm³/mol. The second kappa shape index (κ2) is 41.4. The van der Waals surface area contributed by atoms with E-state index in [0.717, 1.165) is 0 Å². The minimum Gasteiger partial charge on any atom is -0.477 e. The van der Waals surface area contributed by atoms with E-state index in [1.165, 1.54) is 20.8 Å². The standard InChI is InChI=1S/C68H117NO48/c1-17-21(5)101-27(11-74)51(34(17)80)110-59-18(2)35(81)54(30(14-77)105-59)113-64-50(96)56(43(89)31(108-64)15-99-65-57(46(92)40(86)25(9-72)103-65)115-60-19(3)36(82)52(28(12-75)106-60)111-62-48(94)44(90)39(85)24(8-71)102-62)114-66-58(47(93)41(87)26(10-73)104-66)116-61-20(4)37(83)53(29(13-76)107-61)112-63-49(95)45(91)42(88)32(109-63)16-100-68(67(97)98)6-22(78)33(69)55(117-68)38(84)23(79)7-70/h17-66,70-96H,6-16,69H2,1-5H3,(H,97,98)/t17-,18+,19?,20+,21+,22-,23-,24?,25?,26-,27?,28+,29?,30?,31?,32?,33-,34?,35?,36?,37?,38-,39+,40-,41-,42+,43-,44?,45?,46?,47?,48+,49+,50?,51-,52-,53-,54-,55?,56?,57-,58?,59+,60+,61+,62+,63+,64+,65+,66-,68-/m1/s1. The Kier molecular flexibility index (Phi) is 34.2. The Morgan fingerprint density at radius 2 is 0.675 bits per heavy atom. The van der Waals surface area contributed by atoms with Crippen molar-refractivity contribution < 1.29 is 238 Å². The number of ether oxygens (including phenoxy) is 19. The highest BCUT2D eigenvalue weighted by Crippen LogP contribution is 2.43. The summed E-state index contributed by atoms with van der Waals surface area (Å²) in [5.41, 5.74) is 5.96. The molecule has 20 unspecified atom stereocenters. The van der Waals surface area contributed by atoms with Gasteiger partial charge in [-0.05, 0) is 6.92 Å². The lowest BCUT2D eigenvalue weighted by molar-refractivity contribution is -0.402. The van der Waals surface area contributed by atoms with Crippen molar-refractivity contribution in [3.05, 3.63) is 0 Å². The number of rotatable bonds is 31. The molecule has 10 rings (SSSR count). The fraction of sp³-hybridized carbons (Fsp3) is 0.985. The molecule has 0 amide bonds. The van der Waals surface area contributed by atoms with Gasteiger partial charge < -0.3 is 239 Å². The third-order valence-corrected chi connectivity index (χ3v) is 23.7. The number of carboxylic acid groups (broad SMARTS) is 1. The van der Waals surface area contributed by atoms with Crippen molar-refractivity contribution in [2.45, 2.75) is 329 Å². The van der Waals surface area contributed by atoms with Crippen molar-refractivity contribution in [3.8, 4) is 0 Å². The van der Waals surface area contributed by atoms with Crippen molar-refractivity contribution in [1.29, 1.82) is 0 Å². The summed E-state index contributed by atoms with van der Waals surface area (Å²) in [5, 5.41) is 309. The van der Waals surface area contributed by atoms with E-state index in [4.69, 9.17) is 95.7 Å². The Hall–Kier alpha value is -2.41. The molecule has 117 heavy (non-hydrogen) atoms. The van der Waals surface area contributed by atoms with Crippen LogP contribution < -0.4 is 5.73 Å². The third kappa shape index (κ3) is 20.2. The first kappa shape index (κ1) is 96.8. The highest BCUT2D eigenvalue weighted by atomic mass is 16.8. The van der Waals surface area contributed by atoms with Gasteiger partial charge in [-0.15, -0.1) is 0 Å². The first-order valence-corrected chi connectivity index (χ1v) is 38.5. The summed E-state index contributed by atoms with van der Waals surface area (Å²) >= 11 is 0. The van der Waals surface area contributed by atoms with Crippen LogP contribution in [-0.4, -0.2) is 503 Å². The number of carboxylic acids is 1. The maximum Gasteiger partial charge on any atom is 0.364 e. The Balaban J connectivity index is 0.898. The number of aliphatic carboxylic acids is 1. The first-order chi connectivity index (χ1) is 55.3. The van der Waals surface area contributed by atoms with E-state index in [9.17, 15) is 148 Å². The van der Waals surface area contributed by atoms with Gasteiger partial charge in [0.05, 0.1) is 109 Å².